The van der Waals surface area contributed by atoms with Crippen molar-refractivity contribution in [2.45, 2.75) is 38.8 Å². The van der Waals surface area contributed by atoms with Crippen LogP contribution >= 0.6 is 0 Å². The predicted molar refractivity (Wildman–Crippen MR) is 95.6 cm³/mol. The van der Waals surface area contributed by atoms with Crippen LogP contribution in [0.2, 0.25) is 0 Å². The van der Waals surface area contributed by atoms with Gasteiger partial charge in [-0.25, -0.2) is 4.57 Å². The molecule has 5 heteroatoms. The highest BCUT2D eigenvalue weighted by Crippen LogP contribution is 2.25. The van der Waals surface area contributed by atoms with Gasteiger partial charge in [0.15, 0.2) is 5.69 Å². The van der Waals surface area contributed by atoms with E-state index in [2.05, 4.69) is 32.2 Å². The summed E-state index contributed by atoms with van der Waals surface area (Å²) in [6.45, 7) is -1.83. The van der Waals surface area contributed by atoms with Crippen molar-refractivity contribution in [2.24, 2.45) is 0 Å². The second-order valence-electron chi connectivity index (χ2n) is 6.50. The lowest BCUT2D eigenvalue weighted by atomic mass is 10.1. The molecule has 0 unspecified atom stereocenters. The molecule has 0 saturated carbocycles. The quantitative estimate of drug-likeness (QED) is 0.617. The maximum atomic E-state index is 12.4. The zero-order valence-corrected chi connectivity index (χ0v) is 14.4. The highest BCUT2D eigenvalue weighted by Gasteiger charge is 2.26. The maximum absolute atomic E-state index is 12.4. The molecule has 0 fully saturated rings. The van der Waals surface area contributed by atoms with Crippen molar-refractivity contribution in [3.05, 3.63) is 66.6 Å². The monoisotopic (exact) mass is 355 g/mol. The number of rotatable bonds is 4. The average Bonchev–Trinajstić information content (AvgIpc) is 2.84. The van der Waals surface area contributed by atoms with Crippen molar-refractivity contribution >= 4 is 0 Å². The number of fused-ring (bicyclic) bond motifs is 1. The molecular formula is C21H21F2N2O+. The van der Waals surface area contributed by atoms with Gasteiger partial charge in [0.25, 0.3) is 5.82 Å². The van der Waals surface area contributed by atoms with E-state index in [1.165, 1.54) is 18.7 Å². The Hall–Kier alpha value is -2.69. The molecule has 0 amide bonds. The number of benzene rings is 2. The number of aromatic nitrogens is 2. The van der Waals surface area contributed by atoms with Gasteiger partial charge < -0.3 is 4.74 Å². The minimum Gasteiger partial charge on any atom is -0.435 e. The van der Waals surface area contributed by atoms with Gasteiger partial charge in [-0.1, -0.05) is 18.2 Å². The molecule has 134 valence electrons. The molecular weight excluding hydrogens is 334 g/mol. The number of hydrogen-bond acceptors (Lipinski definition) is 1. The summed E-state index contributed by atoms with van der Waals surface area (Å²) in [4.78, 5) is 0. The molecule has 0 radical (unpaired) electrons. The van der Waals surface area contributed by atoms with E-state index in [1.54, 1.807) is 12.1 Å². The van der Waals surface area contributed by atoms with Crippen molar-refractivity contribution in [1.29, 1.82) is 0 Å². The first kappa shape index (κ1) is 16.8. The Balaban J connectivity index is 1.77. The van der Waals surface area contributed by atoms with E-state index in [0.717, 1.165) is 36.3 Å². The Bertz CT molecular complexity index is 873. The lowest BCUT2D eigenvalue weighted by Crippen LogP contribution is -2.38. The van der Waals surface area contributed by atoms with Crippen LogP contribution in [0.25, 0.3) is 16.9 Å². The van der Waals surface area contributed by atoms with Gasteiger partial charge in [-0.15, -0.1) is 0 Å². The third-order valence-corrected chi connectivity index (χ3v) is 4.82. The molecule has 0 bridgehead atoms. The molecule has 3 aromatic rings. The van der Waals surface area contributed by atoms with Crippen LogP contribution in [0.3, 0.4) is 0 Å². The van der Waals surface area contributed by atoms with Crippen LogP contribution in [-0.4, -0.2) is 11.2 Å². The Morgan fingerprint density at radius 3 is 2.42 bits per heavy atom. The minimum atomic E-state index is -2.80. The van der Waals surface area contributed by atoms with E-state index in [-0.39, 0.29) is 5.75 Å². The van der Waals surface area contributed by atoms with Crippen LogP contribution in [0.1, 0.15) is 25.1 Å². The van der Waals surface area contributed by atoms with E-state index in [9.17, 15) is 8.78 Å². The molecule has 1 aromatic heterocycles. The molecule has 0 atom stereocenters. The number of para-hydroxylation sites is 1. The van der Waals surface area contributed by atoms with E-state index < -0.39 is 6.61 Å². The molecule has 0 aliphatic carbocycles. The van der Waals surface area contributed by atoms with Gasteiger partial charge in [0.1, 0.15) is 17.6 Å². The Labute approximate surface area is 151 Å². The molecule has 2 heterocycles. The molecule has 4 rings (SSSR count). The largest absolute Gasteiger partial charge is 0.435 e. The first-order valence-corrected chi connectivity index (χ1v) is 8.97. The third kappa shape index (κ3) is 3.34. The summed E-state index contributed by atoms with van der Waals surface area (Å²) < 4.78 is 33.8. The summed E-state index contributed by atoms with van der Waals surface area (Å²) in [6, 6.07) is 17.2. The topological polar surface area (TPSA) is 18.0 Å². The van der Waals surface area contributed by atoms with Gasteiger partial charge in [0, 0.05) is 12.0 Å². The molecule has 1 aliphatic rings. The maximum Gasteiger partial charge on any atom is 0.387 e. The van der Waals surface area contributed by atoms with Gasteiger partial charge in [-0.2, -0.15) is 13.3 Å². The van der Waals surface area contributed by atoms with Crippen LogP contribution in [0, 0.1) is 0 Å². The van der Waals surface area contributed by atoms with Crippen LogP contribution in [-0.2, 0) is 13.0 Å². The fraction of sp³-hybridized carbons (Fsp3) is 0.286. The average molecular weight is 355 g/mol. The summed E-state index contributed by atoms with van der Waals surface area (Å²) >= 11 is 0. The number of halogens is 2. The van der Waals surface area contributed by atoms with Crippen molar-refractivity contribution < 1.29 is 18.1 Å². The number of imidazole rings is 1. The second-order valence-corrected chi connectivity index (χ2v) is 6.50. The molecule has 3 nitrogen and oxygen atoms in total. The summed E-state index contributed by atoms with van der Waals surface area (Å²) in [5, 5.41) is 0. The highest BCUT2D eigenvalue weighted by atomic mass is 19.3. The molecule has 2 aromatic carbocycles. The first-order chi connectivity index (χ1) is 12.7. The molecule has 26 heavy (non-hydrogen) atoms. The Morgan fingerprint density at radius 1 is 0.923 bits per heavy atom. The van der Waals surface area contributed by atoms with Gasteiger partial charge in [-0.05, 0) is 55.7 Å². The SMILES string of the molecule is FC(F)Oc1ccc(-c2cn(-c3ccccc3)c3[n+]2CCCCC3)cc1. The normalized spacial score (nSPS) is 14.1. The standard InChI is InChI=1S/C21H21F2N2O/c22-21(23)26-18-12-10-16(11-13-18)19-15-25(17-7-3-1-4-8-17)20-9-5-2-6-14-24(19)20/h1,3-4,7-8,10-13,15,21H,2,5-6,9,14H2/q+1. The number of alkyl halides is 2. The fourth-order valence-corrected chi connectivity index (χ4v) is 3.62. The van der Waals surface area contributed by atoms with E-state index in [0.29, 0.717) is 0 Å². The first-order valence-electron chi connectivity index (χ1n) is 8.97. The zero-order valence-electron chi connectivity index (χ0n) is 14.4. The highest BCUT2D eigenvalue weighted by molar-refractivity contribution is 5.57. The Kier molecular flexibility index (Phi) is 4.69. The summed E-state index contributed by atoms with van der Waals surface area (Å²) in [7, 11) is 0. The molecule has 0 saturated heterocycles. The summed E-state index contributed by atoms with van der Waals surface area (Å²) in [5.41, 5.74) is 3.25. The third-order valence-electron chi connectivity index (χ3n) is 4.82. The number of ether oxygens (including phenoxy) is 1. The molecule has 0 spiro atoms. The van der Waals surface area contributed by atoms with Gasteiger partial charge >= 0.3 is 6.61 Å². The lowest BCUT2D eigenvalue weighted by molar-refractivity contribution is -0.692. The fourth-order valence-electron chi connectivity index (χ4n) is 3.62. The van der Waals surface area contributed by atoms with Crippen LogP contribution in [0.15, 0.2) is 60.8 Å². The minimum absolute atomic E-state index is 0.183. The van der Waals surface area contributed by atoms with Gasteiger partial charge in [0.2, 0.25) is 0 Å². The second kappa shape index (κ2) is 7.28. The van der Waals surface area contributed by atoms with E-state index in [1.807, 2.05) is 30.3 Å². The number of nitrogens with zero attached hydrogens (tertiary/aromatic N) is 2. The predicted octanol–water partition coefficient (Wildman–Crippen LogP) is 4.76. The van der Waals surface area contributed by atoms with Gasteiger partial charge in [-0.3, -0.25) is 0 Å². The lowest BCUT2D eigenvalue weighted by Gasteiger charge is -2.05. The van der Waals surface area contributed by atoms with Crippen molar-refractivity contribution in [1.82, 2.24) is 4.57 Å². The Morgan fingerprint density at radius 2 is 1.69 bits per heavy atom. The molecule has 0 N–H and O–H groups in total. The summed E-state index contributed by atoms with van der Waals surface area (Å²) in [6.07, 6.45) is 6.73. The van der Waals surface area contributed by atoms with Crippen molar-refractivity contribution in [2.75, 3.05) is 0 Å². The van der Waals surface area contributed by atoms with E-state index >= 15 is 0 Å². The van der Waals surface area contributed by atoms with E-state index in [4.69, 9.17) is 0 Å². The van der Waals surface area contributed by atoms with Crippen molar-refractivity contribution in [3.8, 4) is 22.7 Å². The van der Waals surface area contributed by atoms with Crippen LogP contribution in [0.5, 0.6) is 5.75 Å². The van der Waals surface area contributed by atoms with Crippen molar-refractivity contribution in [3.63, 3.8) is 0 Å². The van der Waals surface area contributed by atoms with Crippen LogP contribution < -0.4 is 9.30 Å². The number of hydrogen-bond donors (Lipinski definition) is 0. The summed E-state index contributed by atoms with van der Waals surface area (Å²) in [5.74, 6) is 1.47. The van der Waals surface area contributed by atoms with Gasteiger partial charge in [0.05, 0.1) is 6.54 Å². The molecule has 1 aliphatic heterocycles. The smallest absolute Gasteiger partial charge is 0.387 e. The van der Waals surface area contributed by atoms with Crippen LogP contribution in [0.4, 0.5) is 8.78 Å². The zero-order chi connectivity index (χ0) is 17.9.